The number of urea groups is 1. The first kappa shape index (κ1) is 15.3. The van der Waals surface area contributed by atoms with E-state index < -0.39 is 0 Å². The molecule has 2 fully saturated rings. The van der Waals surface area contributed by atoms with E-state index in [1.54, 1.807) is 0 Å². The number of amides is 2. The maximum Gasteiger partial charge on any atom is 0.317 e. The zero-order chi connectivity index (χ0) is 15.6. The summed E-state index contributed by atoms with van der Waals surface area (Å²) >= 11 is 0. The van der Waals surface area contributed by atoms with Crippen molar-refractivity contribution in [1.82, 2.24) is 15.1 Å². The molecule has 1 heterocycles. The lowest BCUT2D eigenvalue weighted by Gasteiger charge is -2.34. The molecule has 0 unspecified atom stereocenters. The Morgan fingerprint density at radius 3 is 2.36 bits per heavy atom. The van der Waals surface area contributed by atoms with Gasteiger partial charge in [0.25, 0.3) is 0 Å². The number of carbonyl (C=O) groups excluding carboxylic acids is 1. The number of nitrogens with zero attached hydrogens (tertiary/aromatic N) is 2. The lowest BCUT2D eigenvalue weighted by molar-refractivity contribution is 0.142. The normalized spacial score (nSPS) is 20.7. The summed E-state index contributed by atoms with van der Waals surface area (Å²) in [5, 5.41) is 3.08. The molecule has 1 aliphatic heterocycles. The molecule has 3 rings (SSSR count). The molecule has 0 radical (unpaired) electrons. The van der Waals surface area contributed by atoms with Gasteiger partial charge in [0.1, 0.15) is 5.82 Å². The molecule has 2 amide bonds. The van der Waals surface area contributed by atoms with Crippen LogP contribution in [0.2, 0.25) is 0 Å². The van der Waals surface area contributed by atoms with Crippen LogP contribution >= 0.6 is 0 Å². The number of rotatable bonds is 4. The van der Waals surface area contributed by atoms with Crippen LogP contribution in [-0.4, -0.2) is 55.1 Å². The third kappa shape index (κ3) is 3.24. The van der Waals surface area contributed by atoms with Gasteiger partial charge in [0, 0.05) is 38.1 Å². The lowest BCUT2D eigenvalue weighted by Crippen LogP contribution is -2.52. The van der Waals surface area contributed by atoms with Gasteiger partial charge in [0.2, 0.25) is 0 Å². The molecule has 1 saturated heterocycles. The van der Waals surface area contributed by atoms with E-state index in [9.17, 15) is 9.18 Å². The fourth-order valence-electron chi connectivity index (χ4n) is 3.15. The Kier molecular flexibility index (Phi) is 4.34. The number of carbonyl (C=O) groups is 1. The van der Waals surface area contributed by atoms with Crippen molar-refractivity contribution in [1.29, 1.82) is 0 Å². The highest BCUT2D eigenvalue weighted by Crippen LogP contribution is 2.47. The van der Waals surface area contributed by atoms with Crippen molar-refractivity contribution in [3.8, 4) is 0 Å². The van der Waals surface area contributed by atoms with E-state index >= 15 is 0 Å². The summed E-state index contributed by atoms with van der Waals surface area (Å²) in [6.07, 6.45) is 2.12. The third-order valence-electron chi connectivity index (χ3n) is 4.99. The Hall–Kier alpha value is -1.62. The van der Waals surface area contributed by atoms with Crippen LogP contribution in [0.4, 0.5) is 9.18 Å². The number of hydrogen-bond acceptors (Lipinski definition) is 2. The summed E-state index contributed by atoms with van der Waals surface area (Å²) in [5.41, 5.74) is 1.15. The van der Waals surface area contributed by atoms with Crippen LogP contribution in [0.15, 0.2) is 24.3 Å². The first-order valence-corrected chi connectivity index (χ1v) is 8.14. The second kappa shape index (κ2) is 6.24. The Bertz CT molecular complexity index is 519. The molecule has 22 heavy (non-hydrogen) atoms. The number of likely N-dealkylation sites (N-methyl/N-ethyl adjacent to an activating group) is 1. The van der Waals surface area contributed by atoms with E-state index in [0.29, 0.717) is 6.54 Å². The number of hydrogen-bond donors (Lipinski definition) is 1. The molecule has 5 heteroatoms. The number of halogens is 1. The molecular formula is C17H24FN3O. The Morgan fingerprint density at radius 2 is 1.82 bits per heavy atom. The second-order valence-electron chi connectivity index (χ2n) is 6.37. The minimum atomic E-state index is -0.211. The number of nitrogens with one attached hydrogen (secondary N) is 1. The van der Waals surface area contributed by atoms with Gasteiger partial charge in [-0.1, -0.05) is 19.1 Å². The predicted octanol–water partition coefficient (Wildman–Crippen LogP) is 2.20. The van der Waals surface area contributed by atoms with Crippen molar-refractivity contribution in [2.75, 3.05) is 39.3 Å². The van der Waals surface area contributed by atoms with Gasteiger partial charge < -0.3 is 15.1 Å². The molecule has 120 valence electrons. The zero-order valence-electron chi connectivity index (χ0n) is 13.1. The summed E-state index contributed by atoms with van der Waals surface area (Å²) in [6, 6.07) is 6.72. The third-order valence-corrected chi connectivity index (χ3v) is 4.99. The van der Waals surface area contributed by atoms with E-state index in [1.807, 2.05) is 17.0 Å². The van der Waals surface area contributed by atoms with Crippen molar-refractivity contribution < 1.29 is 9.18 Å². The van der Waals surface area contributed by atoms with Crippen LogP contribution in [0.5, 0.6) is 0 Å². The van der Waals surface area contributed by atoms with Crippen LogP contribution in [0.25, 0.3) is 0 Å². The van der Waals surface area contributed by atoms with Crippen LogP contribution in [-0.2, 0) is 5.41 Å². The molecule has 1 aliphatic carbocycles. The Balaban J connectivity index is 1.52. The predicted molar refractivity (Wildman–Crippen MR) is 84.4 cm³/mol. The Morgan fingerprint density at radius 1 is 1.18 bits per heavy atom. The van der Waals surface area contributed by atoms with E-state index in [2.05, 4.69) is 17.1 Å². The van der Waals surface area contributed by atoms with E-state index in [1.165, 1.54) is 12.1 Å². The van der Waals surface area contributed by atoms with Gasteiger partial charge in [0.05, 0.1) is 0 Å². The number of benzene rings is 1. The maximum atomic E-state index is 13.0. The summed E-state index contributed by atoms with van der Waals surface area (Å²) in [5.74, 6) is -0.211. The standard InChI is InChI=1S/C17H24FN3O/c1-2-20-9-11-21(12-10-20)16(22)19-13-17(7-8-17)14-3-5-15(18)6-4-14/h3-6H,2,7-13H2,1H3,(H,19,22). The van der Waals surface area contributed by atoms with Crippen molar-refractivity contribution in [2.24, 2.45) is 0 Å². The van der Waals surface area contributed by atoms with Gasteiger partial charge in [-0.15, -0.1) is 0 Å². The highest BCUT2D eigenvalue weighted by Gasteiger charge is 2.44. The fraction of sp³-hybridized carbons (Fsp3) is 0.588. The minimum absolute atomic E-state index is 0.0224. The monoisotopic (exact) mass is 305 g/mol. The first-order chi connectivity index (χ1) is 10.6. The summed E-state index contributed by atoms with van der Waals surface area (Å²) in [4.78, 5) is 16.5. The molecule has 1 N–H and O–H groups in total. The second-order valence-corrected chi connectivity index (χ2v) is 6.37. The topological polar surface area (TPSA) is 35.6 Å². The van der Waals surface area contributed by atoms with Crippen molar-refractivity contribution in [3.05, 3.63) is 35.6 Å². The van der Waals surface area contributed by atoms with Crippen LogP contribution < -0.4 is 5.32 Å². The van der Waals surface area contributed by atoms with Gasteiger partial charge in [-0.25, -0.2) is 9.18 Å². The molecule has 0 bridgehead atoms. The van der Waals surface area contributed by atoms with Gasteiger partial charge in [-0.3, -0.25) is 0 Å². The molecule has 4 nitrogen and oxygen atoms in total. The highest BCUT2D eigenvalue weighted by molar-refractivity contribution is 5.74. The summed E-state index contributed by atoms with van der Waals surface area (Å²) < 4.78 is 13.0. The quantitative estimate of drug-likeness (QED) is 0.926. The smallest absolute Gasteiger partial charge is 0.317 e. The van der Waals surface area contributed by atoms with Crippen molar-refractivity contribution in [2.45, 2.75) is 25.2 Å². The molecule has 0 aromatic heterocycles. The zero-order valence-corrected chi connectivity index (χ0v) is 13.1. The summed E-state index contributed by atoms with van der Waals surface area (Å²) in [7, 11) is 0. The fourth-order valence-corrected chi connectivity index (χ4v) is 3.15. The summed E-state index contributed by atoms with van der Waals surface area (Å²) in [6.45, 7) is 7.33. The van der Waals surface area contributed by atoms with E-state index in [-0.39, 0.29) is 17.3 Å². The van der Waals surface area contributed by atoms with E-state index in [0.717, 1.165) is 51.1 Å². The largest absolute Gasteiger partial charge is 0.337 e. The maximum absolute atomic E-state index is 13.0. The molecule has 1 saturated carbocycles. The minimum Gasteiger partial charge on any atom is -0.337 e. The Labute approximate surface area is 131 Å². The van der Waals surface area contributed by atoms with Gasteiger partial charge in [-0.2, -0.15) is 0 Å². The van der Waals surface area contributed by atoms with E-state index in [4.69, 9.17) is 0 Å². The van der Waals surface area contributed by atoms with Gasteiger partial charge in [0.15, 0.2) is 0 Å². The highest BCUT2D eigenvalue weighted by atomic mass is 19.1. The average Bonchev–Trinajstić information content (AvgIpc) is 3.34. The van der Waals surface area contributed by atoms with Crippen LogP contribution in [0.3, 0.4) is 0 Å². The van der Waals surface area contributed by atoms with Crippen molar-refractivity contribution >= 4 is 6.03 Å². The SMILES string of the molecule is CCN1CCN(C(=O)NCC2(c3ccc(F)cc3)CC2)CC1. The number of piperazine rings is 1. The molecular weight excluding hydrogens is 281 g/mol. The van der Waals surface area contributed by atoms with Gasteiger partial charge in [-0.05, 0) is 37.1 Å². The molecule has 1 aromatic carbocycles. The molecule has 0 spiro atoms. The molecule has 2 aliphatic rings. The molecule has 0 atom stereocenters. The first-order valence-electron chi connectivity index (χ1n) is 8.14. The lowest BCUT2D eigenvalue weighted by atomic mass is 9.96. The van der Waals surface area contributed by atoms with Crippen molar-refractivity contribution in [3.63, 3.8) is 0 Å². The molecule has 1 aromatic rings. The van der Waals surface area contributed by atoms with Crippen LogP contribution in [0.1, 0.15) is 25.3 Å². The average molecular weight is 305 g/mol. The van der Waals surface area contributed by atoms with Gasteiger partial charge >= 0.3 is 6.03 Å². The van der Waals surface area contributed by atoms with Crippen LogP contribution in [0, 0.1) is 5.82 Å².